The van der Waals surface area contributed by atoms with E-state index in [1.165, 1.54) is 6.42 Å². The van der Waals surface area contributed by atoms with Crippen molar-refractivity contribution in [3.05, 3.63) is 0 Å². The minimum absolute atomic E-state index is 0.247. The van der Waals surface area contributed by atoms with Crippen LogP contribution in [0.4, 0.5) is 0 Å². The Kier molecular flexibility index (Phi) is 4.58. The summed E-state index contributed by atoms with van der Waals surface area (Å²) in [6, 6.07) is 0.247. The zero-order valence-corrected chi connectivity index (χ0v) is 11.1. The molecule has 2 amide bonds. The number of hydrogen-bond donors (Lipinski definition) is 0. The Balaban J connectivity index is 1.90. The van der Waals surface area contributed by atoms with Crippen molar-refractivity contribution in [3.63, 3.8) is 0 Å². The van der Waals surface area contributed by atoms with Crippen molar-refractivity contribution in [1.29, 1.82) is 0 Å². The van der Waals surface area contributed by atoms with Crippen LogP contribution in [0.2, 0.25) is 0 Å². The molecule has 0 N–H and O–H groups in total. The van der Waals surface area contributed by atoms with Crippen LogP contribution in [0.15, 0.2) is 0 Å². The van der Waals surface area contributed by atoms with E-state index in [-0.39, 0.29) is 17.9 Å². The first-order chi connectivity index (χ1) is 8.70. The van der Waals surface area contributed by atoms with Crippen LogP contribution in [0.25, 0.3) is 0 Å². The van der Waals surface area contributed by atoms with Gasteiger partial charge in [-0.3, -0.25) is 9.59 Å². The Hall–Kier alpha value is -1.10. The number of rotatable bonds is 1. The second-order valence-electron chi connectivity index (χ2n) is 5.11. The van der Waals surface area contributed by atoms with Crippen molar-refractivity contribution in [2.24, 2.45) is 0 Å². The molecule has 2 aliphatic rings. The predicted molar refractivity (Wildman–Crippen MR) is 67.0 cm³/mol. The average molecular weight is 254 g/mol. The van der Waals surface area contributed by atoms with E-state index in [1.54, 1.807) is 16.8 Å². The lowest BCUT2D eigenvalue weighted by Gasteiger charge is -2.33. The van der Waals surface area contributed by atoms with Gasteiger partial charge in [0.15, 0.2) is 0 Å². The van der Waals surface area contributed by atoms with Gasteiger partial charge in [0.05, 0.1) is 13.2 Å². The number of carbonyl (C=O) groups excluding carboxylic acids is 2. The minimum Gasteiger partial charge on any atom is -0.378 e. The fourth-order valence-corrected chi connectivity index (χ4v) is 2.69. The number of carbonyl (C=O) groups is 2. The highest BCUT2D eigenvalue weighted by atomic mass is 16.5. The predicted octanol–water partition coefficient (Wildman–Crippen LogP) is 0.636. The molecule has 0 aromatic rings. The molecule has 1 heterocycles. The van der Waals surface area contributed by atoms with Crippen LogP contribution in [0.5, 0.6) is 0 Å². The third-order valence-electron chi connectivity index (χ3n) is 3.92. The molecule has 2 fully saturated rings. The van der Waals surface area contributed by atoms with Gasteiger partial charge in [-0.1, -0.05) is 19.3 Å². The molecule has 18 heavy (non-hydrogen) atoms. The van der Waals surface area contributed by atoms with Crippen LogP contribution in [0.1, 0.15) is 32.1 Å². The lowest BCUT2D eigenvalue weighted by molar-refractivity contribution is -0.154. The van der Waals surface area contributed by atoms with Crippen molar-refractivity contribution in [1.82, 2.24) is 9.80 Å². The average Bonchev–Trinajstić information content (AvgIpc) is 2.47. The summed E-state index contributed by atoms with van der Waals surface area (Å²) < 4.78 is 5.19. The number of nitrogens with zero attached hydrogens (tertiary/aromatic N) is 2. The van der Waals surface area contributed by atoms with E-state index in [4.69, 9.17) is 4.74 Å². The van der Waals surface area contributed by atoms with Gasteiger partial charge in [-0.25, -0.2) is 0 Å². The third kappa shape index (κ3) is 3.02. The molecule has 2 rings (SSSR count). The van der Waals surface area contributed by atoms with E-state index in [0.717, 1.165) is 25.7 Å². The molecular formula is C13H22N2O3. The van der Waals surface area contributed by atoms with Gasteiger partial charge in [-0.15, -0.1) is 0 Å². The van der Waals surface area contributed by atoms with Crippen LogP contribution >= 0.6 is 0 Å². The van der Waals surface area contributed by atoms with E-state index in [0.29, 0.717) is 26.3 Å². The molecule has 0 bridgehead atoms. The van der Waals surface area contributed by atoms with Crippen molar-refractivity contribution in [3.8, 4) is 0 Å². The van der Waals surface area contributed by atoms with E-state index < -0.39 is 0 Å². The molecule has 5 heteroatoms. The Morgan fingerprint density at radius 1 is 1.11 bits per heavy atom. The number of amides is 2. The molecule has 1 saturated carbocycles. The summed E-state index contributed by atoms with van der Waals surface area (Å²) >= 11 is 0. The van der Waals surface area contributed by atoms with Crippen molar-refractivity contribution in [2.75, 3.05) is 33.4 Å². The molecule has 0 spiro atoms. The van der Waals surface area contributed by atoms with Gasteiger partial charge in [-0.2, -0.15) is 0 Å². The Labute approximate surface area is 108 Å². The fraction of sp³-hybridized carbons (Fsp3) is 0.846. The van der Waals surface area contributed by atoms with Gasteiger partial charge in [0.1, 0.15) is 0 Å². The van der Waals surface area contributed by atoms with E-state index in [9.17, 15) is 9.59 Å². The molecule has 1 aliphatic carbocycles. The molecule has 5 nitrogen and oxygen atoms in total. The first-order valence-corrected chi connectivity index (χ1v) is 6.84. The van der Waals surface area contributed by atoms with Crippen LogP contribution in [-0.4, -0.2) is 61.0 Å². The standard InChI is InChI=1S/C13H22N2O3/c1-14(11-5-3-2-4-6-11)12(16)13(17)15-7-9-18-10-8-15/h11H,2-10H2,1H3. The molecule has 1 saturated heterocycles. The zero-order chi connectivity index (χ0) is 13.0. The summed E-state index contributed by atoms with van der Waals surface area (Å²) in [4.78, 5) is 27.4. The first-order valence-electron chi connectivity index (χ1n) is 6.84. The first kappa shape index (κ1) is 13.3. The summed E-state index contributed by atoms with van der Waals surface area (Å²) in [5.41, 5.74) is 0. The molecule has 0 aromatic heterocycles. The maximum absolute atomic E-state index is 12.1. The molecule has 0 unspecified atom stereocenters. The second kappa shape index (κ2) is 6.18. The van der Waals surface area contributed by atoms with Crippen molar-refractivity contribution in [2.45, 2.75) is 38.1 Å². The largest absolute Gasteiger partial charge is 0.378 e. The third-order valence-corrected chi connectivity index (χ3v) is 3.92. The van der Waals surface area contributed by atoms with Crippen LogP contribution < -0.4 is 0 Å². The normalized spacial score (nSPS) is 21.7. The number of morpholine rings is 1. The van der Waals surface area contributed by atoms with Gasteiger partial charge in [0.25, 0.3) is 0 Å². The quantitative estimate of drug-likeness (QED) is 0.645. The highest BCUT2D eigenvalue weighted by Crippen LogP contribution is 2.21. The maximum atomic E-state index is 12.1. The Bertz CT molecular complexity index is 307. The summed E-state index contributed by atoms with van der Waals surface area (Å²) in [6.45, 7) is 2.13. The summed E-state index contributed by atoms with van der Waals surface area (Å²) in [5.74, 6) is -0.727. The number of hydrogen-bond acceptors (Lipinski definition) is 3. The number of likely N-dealkylation sites (N-methyl/N-ethyl adjacent to an activating group) is 1. The SMILES string of the molecule is CN(C(=O)C(=O)N1CCOCC1)C1CCCCC1. The highest BCUT2D eigenvalue weighted by Gasteiger charge is 2.30. The monoisotopic (exact) mass is 254 g/mol. The van der Waals surface area contributed by atoms with E-state index in [2.05, 4.69) is 0 Å². The Morgan fingerprint density at radius 3 is 2.33 bits per heavy atom. The second-order valence-corrected chi connectivity index (χ2v) is 5.11. The molecule has 0 aromatic carbocycles. The van der Waals surface area contributed by atoms with E-state index >= 15 is 0 Å². The van der Waals surface area contributed by atoms with Crippen LogP contribution in [0.3, 0.4) is 0 Å². The van der Waals surface area contributed by atoms with Gasteiger partial charge in [-0.05, 0) is 12.8 Å². The smallest absolute Gasteiger partial charge is 0.312 e. The molecule has 0 radical (unpaired) electrons. The van der Waals surface area contributed by atoms with Gasteiger partial charge < -0.3 is 14.5 Å². The van der Waals surface area contributed by atoms with Crippen molar-refractivity contribution >= 4 is 11.8 Å². The van der Waals surface area contributed by atoms with Crippen LogP contribution in [-0.2, 0) is 14.3 Å². The lowest BCUT2D eigenvalue weighted by atomic mass is 9.94. The highest BCUT2D eigenvalue weighted by molar-refractivity contribution is 6.34. The van der Waals surface area contributed by atoms with Gasteiger partial charge in [0, 0.05) is 26.2 Å². The van der Waals surface area contributed by atoms with Gasteiger partial charge in [0.2, 0.25) is 0 Å². The van der Waals surface area contributed by atoms with Crippen LogP contribution in [0, 0.1) is 0 Å². The van der Waals surface area contributed by atoms with E-state index in [1.807, 2.05) is 0 Å². The topological polar surface area (TPSA) is 49.9 Å². The molecular weight excluding hydrogens is 232 g/mol. The molecule has 102 valence electrons. The number of ether oxygens (including phenoxy) is 1. The molecule has 0 atom stereocenters. The lowest BCUT2D eigenvalue weighted by Crippen LogP contribution is -2.50. The van der Waals surface area contributed by atoms with Crippen molar-refractivity contribution < 1.29 is 14.3 Å². The maximum Gasteiger partial charge on any atom is 0.312 e. The Morgan fingerprint density at radius 2 is 1.72 bits per heavy atom. The summed E-state index contributed by atoms with van der Waals surface area (Å²) in [7, 11) is 1.76. The molecule has 1 aliphatic heterocycles. The van der Waals surface area contributed by atoms with Gasteiger partial charge >= 0.3 is 11.8 Å². The summed E-state index contributed by atoms with van der Waals surface area (Å²) in [5, 5.41) is 0. The zero-order valence-electron chi connectivity index (χ0n) is 11.1. The summed E-state index contributed by atoms with van der Waals surface area (Å²) in [6.07, 6.45) is 5.62. The minimum atomic E-state index is -0.369. The fourth-order valence-electron chi connectivity index (χ4n) is 2.69.